The number of ether oxygens (including phenoxy) is 1. The Morgan fingerprint density at radius 3 is 2.53 bits per heavy atom. The van der Waals surface area contributed by atoms with Gasteiger partial charge in [-0.2, -0.15) is 4.37 Å². The zero-order valence-electron chi connectivity index (χ0n) is 16.8. The van der Waals surface area contributed by atoms with Crippen molar-refractivity contribution in [3.63, 3.8) is 0 Å². The Morgan fingerprint density at radius 1 is 1.06 bits per heavy atom. The Morgan fingerprint density at radius 2 is 1.81 bits per heavy atom. The molecule has 2 atom stereocenters. The Balaban J connectivity index is 1.49. The van der Waals surface area contributed by atoms with Crippen LogP contribution in [-0.4, -0.2) is 24.4 Å². The Hall–Kier alpha value is -2.66. The Labute approximate surface area is 187 Å². The number of rotatable bonds is 7. The number of nitrogens with one attached hydrogen (secondary N) is 1. The molecule has 0 amide bonds. The minimum absolute atomic E-state index is 0.0409. The fourth-order valence-electron chi connectivity index (χ4n) is 3.97. The molecule has 32 heavy (non-hydrogen) atoms. The SMILES string of the molecule is O=S(=O)(Nc1ncns1)c1cc(F)c(OC[C@@H]2CCCCC2c2ccc(F)cc2)cc1F. The molecule has 0 radical (unpaired) electrons. The predicted molar refractivity (Wildman–Crippen MR) is 114 cm³/mol. The van der Waals surface area contributed by atoms with E-state index in [-0.39, 0.29) is 35.1 Å². The topological polar surface area (TPSA) is 81.2 Å². The number of aromatic nitrogens is 2. The monoisotopic (exact) mass is 483 g/mol. The van der Waals surface area contributed by atoms with Crippen molar-refractivity contribution in [2.24, 2.45) is 5.92 Å². The molecule has 170 valence electrons. The lowest BCUT2D eigenvalue weighted by Gasteiger charge is -2.32. The summed E-state index contributed by atoms with van der Waals surface area (Å²) in [4.78, 5) is 2.82. The molecule has 1 heterocycles. The molecular weight excluding hydrogens is 463 g/mol. The van der Waals surface area contributed by atoms with E-state index in [1.165, 1.54) is 12.1 Å². The summed E-state index contributed by atoms with van der Waals surface area (Å²) < 4.78 is 78.5. The van der Waals surface area contributed by atoms with Gasteiger partial charge in [-0.1, -0.05) is 25.0 Å². The van der Waals surface area contributed by atoms with E-state index in [0.29, 0.717) is 6.07 Å². The van der Waals surface area contributed by atoms with Crippen LogP contribution in [0.1, 0.15) is 37.2 Å². The zero-order chi connectivity index (χ0) is 22.7. The molecule has 6 nitrogen and oxygen atoms in total. The van der Waals surface area contributed by atoms with E-state index >= 15 is 0 Å². The molecule has 3 aromatic rings. The van der Waals surface area contributed by atoms with E-state index in [1.54, 1.807) is 12.1 Å². The molecular formula is C21H20F3N3O3S2. The highest BCUT2D eigenvalue weighted by Gasteiger charge is 2.28. The highest BCUT2D eigenvalue weighted by molar-refractivity contribution is 7.93. The van der Waals surface area contributed by atoms with Gasteiger partial charge in [0.1, 0.15) is 22.9 Å². The Kier molecular flexibility index (Phi) is 6.66. The molecule has 1 unspecified atom stereocenters. The van der Waals surface area contributed by atoms with Gasteiger partial charge < -0.3 is 4.74 Å². The molecule has 1 aliphatic carbocycles. The van der Waals surface area contributed by atoms with E-state index in [1.807, 2.05) is 0 Å². The number of benzene rings is 2. The van der Waals surface area contributed by atoms with Crippen molar-refractivity contribution in [1.82, 2.24) is 9.36 Å². The van der Waals surface area contributed by atoms with Gasteiger partial charge in [-0.15, -0.1) is 0 Å². The number of hydrogen-bond donors (Lipinski definition) is 1. The van der Waals surface area contributed by atoms with Crippen molar-refractivity contribution in [2.75, 3.05) is 11.3 Å². The van der Waals surface area contributed by atoms with Crippen LogP contribution in [0.25, 0.3) is 0 Å². The van der Waals surface area contributed by atoms with Crippen molar-refractivity contribution >= 4 is 26.7 Å². The maximum absolute atomic E-state index is 14.6. The van der Waals surface area contributed by atoms with Crippen molar-refractivity contribution in [3.8, 4) is 5.75 Å². The normalized spacial score (nSPS) is 19.0. The maximum atomic E-state index is 14.6. The average molecular weight is 484 g/mol. The first-order valence-corrected chi connectivity index (χ1v) is 12.3. The fraction of sp³-hybridized carbons (Fsp3) is 0.333. The number of hydrogen-bond acceptors (Lipinski definition) is 6. The number of sulfonamides is 1. The van der Waals surface area contributed by atoms with Crippen LogP contribution in [0.2, 0.25) is 0 Å². The molecule has 0 spiro atoms. The molecule has 1 saturated carbocycles. The van der Waals surface area contributed by atoms with Crippen LogP contribution in [0.4, 0.5) is 18.3 Å². The lowest BCUT2D eigenvalue weighted by Crippen LogP contribution is -2.24. The van der Waals surface area contributed by atoms with Gasteiger partial charge in [0.25, 0.3) is 10.0 Å². The van der Waals surface area contributed by atoms with Gasteiger partial charge in [0, 0.05) is 23.7 Å². The van der Waals surface area contributed by atoms with Gasteiger partial charge in [-0.3, -0.25) is 4.72 Å². The summed E-state index contributed by atoms with van der Waals surface area (Å²) in [7, 11) is -4.38. The second-order valence-electron chi connectivity index (χ2n) is 7.58. The van der Waals surface area contributed by atoms with E-state index < -0.39 is 26.6 Å². The first-order valence-electron chi connectivity index (χ1n) is 10.0. The largest absolute Gasteiger partial charge is 0.490 e. The van der Waals surface area contributed by atoms with Gasteiger partial charge in [0.2, 0.25) is 5.13 Å². The second kappa shape index (κ2) is 9.45. The summed E-state index contributed by atoms with van der Waals surface area (Å²) in [6.45, 7) is 0.132. The first kappa shape index (κ1) is 22.5. The maximum Gasteiger partial charge on any atom is 0.266 e. The molecule has 1 fully saturated rings. The van der Waals surface area contributed by atoms with Crippen LogP contribution in [-0.2, 0) is 10.0 Å². The molecule has 2 aromatic carbocycles. The molecule has 1 aromatic heterocycles. The molecule has 1 aliphatic rings. The van der Waals surface area contributed by atoms with Gasteiger partial charge >= 0.3 is 0 Å². The van der Waals surface area contributed by atoms with Gasteiger partial charge in [-0.25, -0.2) is 26.6 Å². The summed E-state index contributed by atoms with van der Waals surface area (Å²) in [5.74, 6) is -2.64. The van der Waals surface area contributed by atoms with Crippen LogP contribution in [0.15, 0.2) is 47.6 Å². The minimum Gasteiger partial charge on any atom is -0.490 e. The van der Waals surface area contributed by atoms with E-state index in [4.69, 9.17) is 4.74 Å². The Bertz CT molecular complexity index is 1170. The van der Waals surface area contributed by atoms with Crippen molar-refractivity contribution in [3.05, 3.63) is 65.7 Å². The molecule has 4 rings (SSSR count). The first-order chi connectivity index (χ1) is 15.3. The molecule has 11 heteroatoms. The second-order valence-corrected chi connectivity index (χ2v) is 10.0. The van der Waals surface area contributed by atoms with Gasteiger partial charge in [-0.05, 0) is 42.4 Å². The minimum atomic E-state index is -4.38. The number of nitrogens with zero attached hydrogens (tertiary/aromatic N) is 2. The van der Waals surface area contributed by atoms with Crippen LogP contribution in [0.5, 0.6) is 5.75 Å². The van der Waals surface area contributed by atoms with Crippen LogP contribution < -0.4 is 9.46 Å². The summed E-state index contributed by atoms with van der Waals surface area (Å²) in [6.07, 6.45) is 4.88. The summed E-state index contributed by atoms with van der Waals surface area (Å²) in [5, 5.41) is -0.0609. The highest BCUT2D eigenvalue weighted by Crippen LogP contribution is 2.38. The van der Waals surface area contributed by atoms with E-state index in [0.717, 1.165) is 55.2 Å². The highest BCUT2D eigenvalue weighted by atomic mass is 32.2. The summed E-state index contributed by atoms with van der Waals surface area (Å²) in [6, 6.07) is 7.62. The number of halogens is 3. The third-order valence-corrected chi connectivity index (χ3v) is 7.58. The third-order valence-electron chi connectivity index (χ3n) is 5.52. The summed E-state index contributed by atoms with van der Waals surface area (Å²) in [5.41, 5.74) is 0.982. The third kappa shape index (κ3) is 5.04. The van der Waals surface area contributed by atoms with Gasteiger partial charge in [0.05, 0.1) is 6.61 Å². The molecule has 0 bridgehead atoms. The fourth-order valence-corrected chi connectivity index (χ4v) is 5.70. The quantitative estimate of drug-likeness (QED) is 0.505. The van der Waals surface area contributed by atoms with E-state index in [9.17, 15) is 21.6 Å². The van der Waals surface area contributed by atoms with Crippen molar-refractivity contribution in [1.29, 1.82) is 0 Å². The van der Waals surface area contributed by atoms with Crippen molar-refractivity contribution in [2.45, 2.75) is 36.5 Å². The molecule has 0 saturated heterocycles. The lowest BCUT2D eigenvalue weighted by atomic mass is 9.76. The average Bonchev–Trinajstić information content (AvgIpc) is 3.27. The number of anilines is 1. The van der Waals surface area contributed by atoms with Gasteiger partial charge in [0.15, 0.2) is 11.6 Å². The lowest BCUT2D eigenvalue weighted by molar-refractivity contribution is 0.180. The standard InChI is InChI=1S/C21H20F3N3O3S2/c22-15-7-5-13(6-8-15)16-4-2-1-3-14(16)11-30-19-9-18(24)20(10-17(19)23)32(28,29)27-21-25-12-26-31-21/h5-10,12,14,16H,1-4,11H2,(H,25,26,27)/t14-,16?/m0/s1. The van der Waals surface area contributed by atoms with E-state index in [2.05, 4.69) is 14.1 Å². The van der Waals surface area contributed by atoms with Crippen LogP contribution >= 0.6 is 11.5 Å². The predicted octanol–water partition coefficient (Wildman–Crippen LogP) is 5.11. The molecule has 1 N–H and O–H groups in total. The molecule has 0 aliphatic heterocycles. The zero-order valence-corrected chi connectivity index (χ0v) is 18.4. The van der Waals surface area contributed by atoms with Crippen LogP contribution in [0, 0.1) is 23.4 Å². The van der Waals surface area contributed by atoms with Crippen molar-refractivity contribution < 1.29 is 26.3 Å². The smallest absolute Gasteiger partial charge is 0.266 e. The van der Waals surface area contributed by atoms with Crippen LogP contribution in [0.3, 0.4) is 0 Å². The summed E-state index contributed by atoms with van der Waals surface area (Å²) >= 11 is 0.768.